The van der Waals surface area contributed by atoms with Crippen LogP contribution in [0.4, 0.5) is 17.2 Å². The number of methoxy groups -OCH3 is 1. The van der Waals surface area contributed by atoms with E-state index in [9.17, 15) is 15.2 Å². The van der Waals surface area contributed by atoms with Gasteiger partial charge in [0.05, 0.1) is 28.0 Å². The van der Waals surface area contributed by atoms with Crippen molar-refractivity contribution in [3.63, 3.8) is 0 Å². The van der Waals surface area contributed by atoms with Crippen molar-refractivity contribution in [2.75, 3.05) is 12.4 Å². The van der Waals surface area contributed by atoms with Crippen LogP contribution in [0.3, 0.4) is 0 Å². The van der Waals surface area contributed by atoms with E-state index in [4.69, 9.17) is 21.1 Å². The highest BCUT2D eigenvalue weighted by atomic mass is 35.5. The number of fused-ring (bicyclic) bond motifs is 1. The lowest BCUT2D eigenvalue weighted by molar-refractivity contribution is -0.385. The number of benzene rings is 3. The average molecular weight is 453 g/mol. The van der Waals surface area contributed by atoms with Gasteiger partial charge in [0.25, 0.3) is 0 Å². The Morgan fingerprint density at radius 1 is 1.12 bits per heavy atom. The van der Waals surface area contributed by atoms with Gasteiger partial charge in [-0.3, -0.25) is 10.1 Å². The second-order valence-electron chi connectivity index (χ2n) is 6.74. The van der Waals surface area contributed by atoms with Gasteiger partial charge in [-0.05, 0) is 35.9 Å². The molecule has 4 rings (SSSR count). The number of rotatable bonds is 7. The van der Waals surface area contributed by atoms with Crippen LogP contribution in [0, 0.1) is 10.1 Å². The van der Waals surface area contributed by atoms with Crippen molar-refractivity contribution >= 4 is 39.7 Å². The van der Waals surface area contributed by atoms with Crippen LogP contribution >= 0.6 is 11.6 Å². The molecule has 0 bridgehead atoms. The maximum atomic E-state index is 11.2. The van der Waals surface area contributed by atoms with E-state index < -0.39 is 16.4 Å². The first-order chi connectivity index (χ1) is 15.4. The molecule has 4 aromatic rings. The van der Waals surface area contributed by atoms with Gasteiger partial charge >= 0.3 is 5.69 Å². The first-order valence-corrected chi connectivity index (χ1v) is 9.77. The smallest absolute Gasteiger partial charge is 0.311 e. The van der Waals surface area contributed by atoms with Gasteiger partial charge in [0.1, 0.15) is 30.3 Å². The predicted octanol–water partition coefficient (Wildman–Crippen LogP) is 5.23. The highest BCUT2D eigenvalue weighted by molar-refractivity contribution is 6.32. The van der Waals surface area contributed by atoms with E-state index in [1.807, 2.05) is 24.3 Å². The zero-order valence-corrected chi connectivity index (χ0v) is 17.5. The summed E-state index contributed by atoms with van der Waals surface area (Å²) in [4.78, 5) is 18.7. The van der Waals surface area contributed by atoms with Crippen LogP contribution in [0.1, 0.15) is 5.56 Å². The number of hydrogen-bond donors (Lipinski definition) is 2. The molecule has 0 aliphatic heterocycles. The molecule has 9 nitrogen and oxygen atoms in total. The van der Waals surface area contributed by atoms with Gasteiger partial charge in [-0.15, -0.1) is 0 Å². The second kappa shape index (κ2) is 8.94. The number of ether oxygens (including phenoxy) is 2. The molecule has 0 saturated carbocycles. The molecule has 10 heteroatoms. The Bertz CT molecular complexity index is 1300. The summed E-state index contributed by atoms with van der Waals surface area (Å²) in [5, 5.41) is 24.8. The molecule has 162 valence electrons. The van der Waals surface area contributed by atoms with E-state index in [-0.39, 0.29) is 0 Å². The van der Waals surface area contributed by atoms with E-state index in [0.717, 1.165) is 11.3 Å². The molecule has 0 unspecified atom stereocenters. The highest BCUT2D eigenvalue weighted by Crippen LogP contribution is 2.35. The molecule has 0 atom stereocenters. The van der Waals surface area contributed by atoms with Crippen molar-refractivity contribution in [3.05, 3.63) is 81.6 Å². The van der Waals surface area contributed by atoms with Gasteiger partial charge < -0.3 is 19.9 Å². The monoisotopic (exact) mass is 452 g/mol. The lowest BCUT2D eigenvalue weighted by Crippen LogP contribution is -1.99. The van der Waals surface area contributed by atoms with Crippen molar-refractivity contribution in [3.8, 4) is 17.2 Å². The summed E-state index contributed by atoms with van der Waals surface area (Å²) in [5.41, 5.74) is 1.48. The van der Waals surface area contributed by atoms with Gasteiger partial charge in [0.2, 0.25) is 0 Å². The van der Waals surface area contributed by atoms with Crippen molar-refractivity contribution in [2.24, 2.45) is 0 Å². The fraction of sp³-hybridized carbons (Fsp3) is 0.0909. The van der Waals surface area contributed by atoms with Crippen LogP contribution in [-0.2, 0) is 6.61 Å². The van der Waals surface area contributed by atoms with Crippen LogP contribution < -0.4 is 14.8 Å². The first-order valence-electron chi connectivity index (χ1n) is 9.39. The Morgan fingerprint density at radius 2 is 1.91 bits per heavy atom. The Labute approximate surface area is 187 Å². The van der Waals surface area contributed by atoms with E-state index in [1.54, 1.807) is 25.3 Å². The van der Waals surface area contributed by atoms with E-state index in [0.29, 0.717) is 39.8 Å². The van der Waals surface area contributed by atoms with Crippen LogP contribution in [0.25, 0.3) is 10.9 Å². The SMILES string of the molecule is COc1ccc(COc2ccc(Nc3ncnc4cc(O)c([N+](=O)[O-])cc34)cc2Cl)cc1. The van der Waals surface area contributed by atoms with Crippen LogP contribution in [-0.4, -0.2) is 27.1 Å². The third-order valence-corrected chi connectivity index (χ3v) is 4.97. The molecule has 2 N–H and O–H groups in total. The molecule has 1 heterocycles. The molecule has 0 fully saturated rings. The van der Waals surface area contributed by atoms with Crippen molar-refractivity contribution in [1.82, 2.24) is 9.97 Å². The maximum Gasteiger partial charge on any atom is 0.311 e. The van der Waals surface area contributed by atoms with E-state index in [1.165, 1.54) is 18.5 Å². The Hall–Kier alpha value is -4.11. The summed E-state index contributed by atoms with van der Waals surface area (Å²) in [7, 11) is 1.61. The van der Waals surface area contributed by atoms with E-state index >= 15 is 0 Å². The number of aromatic hydroxyl groups is 1. The van der Waals surface area contributed by atoms with E-state index in [2.05, 4.69) is 15.3 Å². The third-order valence-electron chi connectivity index (χ3n) is 4.68. The minimum absolute atomic E-state index is 0.334. The fourth-order valence-electron chi connectivity index (χ4n) is 3.04. The minimum Gasteiger partial charge on any atom is -0.502 e. The standard InChI is InChI=1S/C22H17ClN4O5/c1-31-15-5-2-13(3-6-15)11-32-21-7-4-14(8-17(21)23)26-22-16-9-19(27(29)30)20(28)10-18(16)24-12-25-22/h2-10,12,28H,11H2,1H3,(H,24,25,26). The maximum absolute atomic E-state index is 11.2. The van der Waals surface area contributed by atoms with Crippen LogP contribution in [0.5, 0.6) is 17.2 Å². The number of nitro groups is 1. The topological polar surface area (TPSA) is 120 Å². The molecule has 0 spiro atoms. The molecule has 32 heavy (non-hydrogen) atoms. The molecular formula is C22H17ClN4O5. The molecule has 3 aromatic carbocycles. The second-order valence-corrected chi connectivity index (χ2v) is 7.15. The quantitative estimate of drug-likeness (QED) is 0.289. The van der Waals surface area contributed by atoms with Crippen molar-refractivity contribution < 1.29 is 19.5 Å². The Morgan fingerprint density at radius 3 is 2.59 bits per heavy atom. The number of nitrogens with zero attached hydrogens (tertiary/aromatic N) is 3. The van der Waals surface area contributed by atoms with Crippen LogP contribution in [0.2, 0.25) is 5.02 Å². The largest absolute Gasteiger partial charge is 0.502 e. The first kappa shape index (κ1) is 21.1. The number of anilines is 2. The van der Waals surface area contributed by atoms with Gasteiger partial charge in [0, 0.05) is 17.8 Å². The van der Waals surface area contributed by atoms with Gasteiger partial charge in [-0.25, -0.2) is 9.97 Å². The lowest BCUT2D eigenvalue weighted by Gasteiger charge is -2.12. The Kier molecular flexibility index (Phi) is 5.91. The zero-order chi connectivity index (χ0) is 22.7. The number of phenolic OH excluding ortho intramolecular Hbond substituents is 1. The van der Waals surface area contributed by atoms with Gasteiger partial charge in [-0.2, -0.15) is 0 Å². The fourth-order valence-corrected chi connectivity index (χ4v) is 3.28. The number of hydrogen-bond acceptors (Lipinski definition) is 8. The molecule has 0 aliphatic carbocycles. The third kappa shape index (κ3) is 4.47. The molecule has 1 aromatic heterocycles. The number of phenols is 1. The molecule has 0 amide bonds. The average Bonchev–Trinajstić information content (AvgIpc) is 2.78. The molecule has 0 radical (unpaired) electrons. The summed E-state index contributed by atoms with van der Waals surface area (Å²) in [5.74, 6) is 1.13. The molecule has 0 saturated heterocycles. The van der Waals surface area contributed by atoms with Gasteiger partial charge in [-0.1, -0.05) is 23.7 Å². The van der Waals surface area contributed by atoms with Gasteiger partial charge in [0.15, 0.2) is 5.75 Å². The summed E-state index contributed by atoms with van der Waals surface area (Å²) >= 11 is 6.38. The summed E-state index contributed by atoms with van der Waals surface area (Å²) in [6, 6.07) is 15.1. The number of nitrogens with one attached hydrogen (secondary N) is 1. The minimum atomic E-state index is -0.669. The summed E-state index contributed by atoms with van der Waals surface area (Å²) in [6.07, 6.45) is 1.30. The predicted molar refractivity (Wildman–Crippen MR) is 120 cm³/mol. The van der Waals surface area contributed by atoms with Crippen molar-refractivity contribution in [2.45, 2.75) is 6.61 Å². The number of aromatic nitrogens is 2. The highest BCUT2D eigenvalue weighted by Gasteiger charge is 2.17. The number of halogens is 1. The molecular weight excluding hydrogens is 436 g/mol. The molecule has 0 aliphatic rings. The van der Waals surface area contributed by atoms with Crippen LogP contribution in [0.15, 0.2) is 60.9 Å². The summed E-state index contributed by atoms with van der Waals surface area (Å²) in [6.45, 7) is 0.334. The Balaban J connectivity index is 1.54. The van der Waals surface area contributed by atoms with Crippen molar-refractivity contribution in [1.29, 1.82) is 0 Å². The zero-order valence-electron chi connectivity index (χ0n) is 16.8. The number of nitro benzene ring substituents is 1. The lowest BCUT2D eigenvalue weighted by atomic mass is 10.2. The normalized spacial score (nSPS) is 10.7. The summed E-state index contributed by atoms with van der Waals surface area (Å²) < 4.78 is 10.9.